The number of carboxylic acid groups (broad SMARTS) is 1. The average Bonchev–Trinajstić information content (AvgIpc) is 2.17. The second kappa shape index (κ2) is 5.14. The van der Waals surface area contributed by atoms with E-state index < -0.39 is 5.97 Å². The Morgan fingerprint density at radius 2 is 2.33 bits per heavy atom. The predicted molar refractivity (Wildman–Crippen MR) is 54.2 cm³/mol. The van der Waals surface area contributed by atoms with E-state index in [2.05, 4.69) is 0 Å². The molecule has 0 bridgehead atoms. The summed E-state index contributed by atoms with van der Waals surface area (Å²) in [5.74, 6) is -0.801. The summed E-state index contributed by atoms with van der Waals surface area (Å²) in [7, 11) is 1.47. The van der Waals surface area contributed by atoms with Gasteiger partial charge in [0.15, 0.2) is 0 Å². The quantitative estimate of drug-likeness (QED) is 0.829. The first-order valence-corrected chi connectivity index (χ1v) is 4.35. The standard InChI is InChI=1S/C11H11FO3/c1-15-10-6-5-9(12)7-8(10)3-2-4-11(13)14/h2-3,5-7H,4H2,1H3,(H,13,14)/b3-2+. The summed E-state index contributed by atoms with van der Waals surface area (Å²) in [6.07, 6.45) is 2.87. The van der Waals surface area contributed by atoms with Crippen molar-refractivity contribution in [3.63, 3.8) is 0 Å². The molecule has 1 aromatic rings. The summed E-state index contributed by atoms with van der Waals surface area (Å²) >= 11 is 0. The maximum Gasteiger partial charge on any atom is 0.307 e. The Morgan fingerprint density at radius 3 is 2.93 bits per heavy atom. The van der Waals surface area contributed by atoms with Crippen molar-refractivity contribution in [2.45, 2.75) is 6.42 Å². The molecule has 0 aliphatic carbocycles. The molecule has 4 heteroatoms. The number of methoxy groups -OCH3 is 1. The minimum atomic E-state index is -0.929. The predicted octanol–water partition coefficient (Wildman–Crippen LogP) is 2.32. The Balaban J connectivity index is 2.87. The van der Waals surface area contributed by atoms with Crippen LogP contribution in [0.25, 0.3) is 6.08 Å². The molecule has 0 unspecified atom stereocenters. The zero-order valence-corrected chi connectivity index (χ0v) is 8.24. The van der Waals surface area contributed by atoms with Crippen LogP contribution in [0.1, 0.15) is 12.0 Å². The van der Waals surface area contributed by atoms with E-state index in [-0.39, 0.29) is 12.2 Å². The number of carboxylic acids is 1. The van der Waals surface area contributed by atoms with Gasteiger partial charge in [-0.2, -0.15) is 0 Å². The first-order chi connectivity index (χ1) is 7.13. The van der Waals surface area contributed by atoms with Gasteiger partial charge in [0.05, 0.1) is 13.5 Å². The Bertz CT molecular complexity index is 385. The van der Waals surface area contributed by atoms with Crippen LogP contribution in [0.2, 0.25) is 0 Å². The van der Waals surface area contributed by atoms with E-state index in [4.69, 9.17) is 9.84 Å². The summed E-state index contributed by atoms with van der Waals surface area (Å²) in [5, 5.41) is 8.42. The van der Waals surface area contributed by atoms with Crippen LogP contribution in [0.4, 0.5) is 4.39 Å². The number of aliphatic carboxylic acids is 1. The minimum absolute atomic E-state index is 0.0976. The second-order valence-electron chi connectivity index (χ2n) is 2.89. The van der Waals surface area contributed by atoms with Gasteiger partial charge in [-0.3, -0.25) is 4.79 Å². The molecule has 0 atom stereocenters. The normalized spacial score (nSPS) is 10.5. The fourth-order valence-electron chi connectivity index (χ4n) is 1.12. The van der Waals surface area contributed by atoms with Gasteiger partial charge in [0, 0.05) is 5.56 Å². The van der Waals surface area contributed by atoms with E-state index in [0.29, 0.717) is 11.3 Å². The van der Waals surface area contributed by atoms with Crippen LogP contribution in [0.15, 0.2) is 24.3 Å². The van der Waals surface area contributed by atoms with Gasteiger partial charge in [-0.25, -0.2) is 4.39 Å². The maximum atomic E-state index is 12.9. The Labute approximate surface area is 86.8 Å². The Morgan fingerprint density at radius 1 is 1.60 bits per heavy atom. The molecule has 0 spiro atoms. The van der Waals surface area contributed by atoms with E-state index in [1.54, 1.807) is 0 Å². The molecule has 0 aromatic heterocycles. The highest BCUT2D eigenvalue weighted by Crippen LogP contribution is 2.20. The lowest BCUT2D eigenvalue weighted by molar-refractivity contribution is -0.135. The van der Waals surface area contributed by atoms with E-state index in [9.17, 15) is 9.18 Å². The lowest BCUT2D eigenvalue weighted by Gasteiger charge is -2.03. The van der Waals surface area contributed by atoms with Gasteiger partial charge in [0.1, 0.15) is 11.6 Å². The molecule has 80 valence electrons. The highest BCUT2D eigenvalue weighted by atomic mass is 19.1. The molecule has 15 heavy (non-hydrogen) atoms. The van der Waals surface area contributed by atoms with Crippen LogP contribution in [0, 0.1) is 5.82 Å². The smallest absolute Gasteiger partial charge is 0.307 e. The molecule has 1 aromatic carbocycles. The maximum absolute atomic E-state index is 12.9. The van der Waals surface area contributed by atoms with Crippen LogP contribution in [-0.4, -0.2) is 18.2 Å². The topological polar surface area (TPSA) is 46.5 Å². The van der Waals surface area contributed by atoms with E-state index in [0.717, 1.165) is 0 Å². The lowest BCUT2D eigenvalue weighted by Crippen LogP contribution is -1.91. The van der Waals surface area contributed by atoms with E-state index in [1.165, 1.54) is 37.5 Å². The molecule has 0 heterocycles. The third-order valence-corrected chi connectivity index (χ3v) is 1.78. The van der Waals surface area contributed by atoms with Crippen LogP contribution >= 0.6 is 0 Å². The van der Waals surface area contributed by atoms with E-state index in [1.807, 2.05) is 0 Å². The van der Waals surface area contributed by atoms with Crippen molar-refractivity contribution in [3.05, 3.63) is 35.7 Å². The molecular formula is C11H11FO3. The fraction of sp³-hybridized carbons (Fsp3) is 0.182. The van der Waals surface area contributed by atoms with Crippen molar-refractivity contribution in [1.82, 2.24) is 0 Å². The third-order valence-electron chi connectivity index (χ3n) is 1.78. The molecule has 1 N–H and O–H groups in total. The molecule has 3 nitrogen and oxygen atoms in total. The summed E-state index contributed by atoms with van der Waals surface area (Å²) in [6.45, 7) is 0. The first kappa shape index (κ1) is 11.2. The van der Waals surface area contributed by atoms with Crippen molar-refractivity contribution in [1.29, 1.82) is 0 Å². The lowest BCUT2D eigenvalue weighted by atomic mass is 10.1. The monoisotopic (exact) mass is 210 g/mol. The van der Waals surface area contributed by atoms with Gasteiger partial charge >= 0.3 is 5.97 Å². The molecule has 0 aliphatic heterocycles. The minimum Gasteiger partial charge on any atom is -0.496 e. The average molecular weight is 210 g/mol. The van der Waals surface area contributed by atoms with Gasteiger partial charge in [-0.15, -0.1) is 0 Å². The summed E-state index contributed by atoms with van der Waals surface area (Å²) in [4.78, 5) is 10.3. The van der Waals surface area contributed by atoms with E-state index >= 15 is 0 Å². The summed E-state index contributed by atoms with van der Waals surface area (Å²) in [6, 6.07) is 4.07. The zero-order valence-electron chi connectivity index (χ0n) is 8.24. The highest BCUT2D eigenvalue weighted by Gasteiger charge is 2.01. The molecule has 1 rings (SSSR count). The van der Waals surface area contributed by atoms with Gasteiger partial charge in [0.25, 0.3) is 0 Å². The molecule has 0 amide bonds. The molecule has 0 fully saturated rings. The first-order valence-electron chi connectivity index (χ1n) is 4.35. The molecule has 0 saturated carbocycles. The number of halogens is 1. The zero-order chi connectivity index (χ0) is 11.3. The molecule has 0 radical (unpaired) electrons. The van der Waals surface area contributed by atoms with Gasteiger partial charge in [-0.05, 0) is 18.2 Å². The van der Waals surface area contributed by atoms with Gasteiger partial charge in [0.2, 0.25) is 0 Å². The number of hydrogen-bond acceptors (Lipinski definition) is 2. The summed E-state index contributed by atoms with van der Waals surface area (Å²) < 4.78 is 17.9. The van der Waals surface area contributed by atoms with Gasteiger partial charge < -0.3 is 9.84 Å². The number of benzene rings is 1. The highest BCUT2D eigenvalue weighted by molar-refractivity contribution is 5.71. The second-order valence-corrected chi connectivity index (χ2v) is 2.89. The third kappa shape index (κ3) is 3.42. The number of hydrogen-bond donors (Lipinski definition) is 1. The molecule has 0 aliphatic rings. The van der Waals surface area contributed by atoms with Crippen LogP contribution in [0.5, 0.6) is 5.75 Å². The van der Waals surface area contributed by atoms with Crippen molar-refractivity contribution in [2.75, 3.05) is 7.11 Å². The summed E-state index contributed by atoms with van der Waals surface area (Å²) in [5.41, 5.74) is 0.527. The van der Waals surface area contributed by atoms with Crippen molar-refractivity contribution in [3.8, 4) is 5.75 Å². The Kier molecular flexibility index (Phi) is 3.85. The van der Waals surface area contributed by atoms with Crippen molar-refractivity contribution >= 4 is 12.0 Å². The van der Waals surface area contributed by atoms with Crippen molar-refractivity contribution in [2.24, 2.45) is 0 Å². The number of ether oxygens (including phenoxy) is 1. The van der Waals surface area contributed by atoms with Gasteiger partial charge in [-0.1, -0.05) is 12.2 Å². The largest absolute Gasteiger partial charge is 0.496 e. The molecule has 0 saturated heterocycles. The van der Waals surface area contributed by atoms with Crippen molar-refractivity contribution < 1.29 is 19.0 Å². The van der Waals surface area contributed by atoms with Crippen LogP contribution in [0.3, 0.4) is 0 Å². The number of rotatable bonds is 4. The SMILES string of the molecule is COc1ccc(F)cc1/C=C/CC(=O)O. The van der Waals surface area contributed by atoms with Crippen LogP contribution < -0.4 is 4.74 Å². The molecular weight excluding hydrogens is 199 g/mol. The Hall–Kier alpha value is -1.84. The van der Waals surface area contributed by atoms with Crippen LogP contribution in [-0.2, 0) is 4.79 Å². The fourth-order valence-corrected chi connectivity index (χ4v) is 1.12. The number of carbonyl (C=O) groups is 1.